The topological polar surface area (TPSA) is 12.4 Å². The molecule has 0 fully saturated rings. The number of rotatable bonds is 1. The van der Waals surface area contributed by atoms with E-state index in [2.05, 4.69) is 36.2 Å². The van der Waals surface area contributed by atoms with Gasteiger partial charge in [-0.3, -0.25) is 4.99 Å². The van der Waals surface area contributed by atoms with Gasteiger partial charge in [0.05, 0.1) is 5.04 Å². The van der Waals surface area contributed by atoms with E-state index in [1.165, 1.54) is 16.2 Å². The molecule has 0 saturated carbocycles. The highest BCUT2D eigenvalue weighted by Gasteiger charge is 2.12. The van der Waals surface area contributed by atoms with Crippen LogP contribution < -0.4 is 0 Å². The highest BCUT2D eigenvalue weighted by molar-refractivity contribution is 8.14. The van der Waals surface area contributed by atoms with Gasteiger partial charge >= 0.3 is 0 Å². The van der Waals surface area contributed by atoms with Crippen molar-refractivity contribution in [2.75, 3.05) is 12.3 Å². The van der Waals surface area contributed by atoms with Crippen molar-refractivity contribution in [2.24, 2.45) is 4.99 Å². The highest BCUT2D eigenvalue weighted by Crippen LogP contribution is 2.21. The third-order valence-electron chi connectivity index (χ3n) is 2.17. The van der Waals surface area contributed by atoms with Crippen LogP contribution in [0.3, 0.4) is 0 Å². The fourth-order valence-electron chi connectivity index (χ4n) is 1.57. The average molecular weight is 191 g/mol. The van der Waals surface area contributed by atoms with Crippen molar-refractivity contribution in [3.05, 3.63) is 35.4 Å². The predicted octanol–water partition coefficient (Wildman–Crippen LogP) is 2.74. The first-order chi connectivity index (χ1) is 6.42. The Morgan fingerprint density at radius 3 is 3.08 bits per heavy atom. The zero-order chi connectivity index (χ0) is 9.10. The van der Waals surface area contributed by atoms with Gasteiger partial charge in [0.2, 0.25) is 0 Å². The maximum atomic E-state index is 4.54. The van der Waals surface area contributed by atoms with E-state index in [0.29, 0.717) is 0 Å². The zero-order valence-electron chi connectivity index (χ0n) is 7.79. The van der Waals surface area contributed by atoms with Crippen LogP contribution in [0, 0.1) is 0 Å². The summed E-state index contributed by atoms with van der Waals surface area (Å²) in [5.41, 5.74) is 2.80. The van der Waals surface area contributed by atoms with E-state index in [0.717, 1.165) is 18.7 Å². The fraction of sp³-hybridized carbons (Fsp3) is 0.364. The van der Waals surface area contributed by atoms with Crippen molar-refractivity contribution in [3.8, 4) is 0 Å². The number of nitrogens with zero attached hydrogens (tertiary/aromatic N) is 1. The Labute approximate surface area is 83.3 Å². The molecule has 1 nitrogen and oxygen atoms in total. The van der Waals surface area contributed by atoms with Crippen molar-refractivity contribution >= 4 is 16.8 Å². The average Bonchev–Trinajstić information content (AvgIpc) is 2.19. The molecule has 2 heteroatoms. The normalized spacial score (nSPS) is 15.0. The minimum atomic E-state index is 0.958. The van der Waals surface area contributed by atoms with Gasteiger partial charge in [0, 0.05) is 12.1 Å². The standard InChI is InChI=1S/C11H13NS/c1-2-13-11-10-6-4-3-5-9(10)7-8-12-11/h3-6H,2,7-8H2,1H3. The molecule has 0 unspecified atom stereocenters. The molecule has 1 aromatic carbocycles. The van der Waals surface area contributed by atoms with Crippen LogP contribution in [0.1, 0.15) is 18.1 Å². The highest BCUT2D eigenvalue weighted by atomic mass is 32.2. The number of benzene rings is 1. The van der Waals surface area contributed by atoms with E-state index in [-0.39, 0.29) is 0 Å². The summed E-state index contributed by atoms with van der Waals surface area (Å²) in [5, 5.41) is 1.23. The molecule has 0 N–H and O–H groups in total. The summed E-state index contributed by atoms with van der Waals surface area (Å²) in [6.45, 7) is 3.13. The summed E-state index contributed by atoms with van der Waals surface area (Å²) in [4.78, 5) is 4.54. The summed E-state index contributed by atoms with van der Waals surface area (Å²) >= 11 is 1.84. The molecule has 68 valence electrons. The minimum absolute atomic E-state index is 0.958. The quantitative estimate of drug-likeness (QED) is 0.665. The van der Waals surface area contributed by atoms with Crippen LogP contribution in [0.2, 0.25) is 0 Å². The summed E-state index contributed by atoms with van der Waals surface area (Å²) in [6, 6.07) is 8.59. The molecule has 2 rings (SSSR count). The maximum absolute atomic E-state index is 4.54. The van der Waals surface area contributed by atoms with Crippen LogP contribution in [0.5, 0.6) is 0 Å². The van der Waals surface area contributed by atoms with Crippen LogP contribution in [-0.4, -0.2) is 17.3 Å². The summed E-state index contributed by atoms with van der Waals surface area (Å²) in [5.74, 6) is 1.10. The van der Waals surface area contributed by atoms with E-state index in [1.807, 2.05) is 11.8 Å². The molecule has 0 aromatic heterocycles. The first kappa shape index (κ1) is 8.82. The second kappa shape index (κ2) is 3.97. The van der Waals surface area contributed by atoms with E-state index < -0.39 is 0 Å². The number of hydrogen-bond acceptors (Lipinski definition) is 2. The molecule has 1 aliphatic heterocycles. The second-order valence-corrected chi connectivity index (χ2v) is 4.28. The van der Waals surface area contributed by atoms with Gasteiger partial charge in [-0.1, -0.05) is 31.2 Å². The largest absolute Gasteiger partial charge is 0.277 e. The molecule has 0 spiro atoms. The number of thioether (sulfide) groups is 1. The predicted molar refractivity (Wildman–Crippen MR) is 59.7 cm³/mol. The minimum Gasteiger partial charge on any atom is -0.277 e. The third kappa shape index (κ3) is 1.78. The first-order valence-corrected chi connectivity index (χ1v) is 5.66. The van der Waals surface area contributed by atoms with Gasteiger partial charge in [0.1, 0.15) is 0 Å². The summed E-state index contributed by atoms with van der Waals surface area (Å²) in [6.07, 6.45) is 1.10. The van der Waals surface area contributed by atoms with Gasteiger partial charge in [-0.15, -0.1) is 11.8 Å². The molecular weight excluding hydrogens is 178 g/mol. The van der Waals surface area contributed by atoms with Crippen LogP contribution in [-0.2, 0) is 6.42 Å². The fourth-order valence-corrected chi connectivity index (χ4v) is 2.38. The van der Waals surface area contributed by atoms with Crippen LogP contribution in [0.25, 0.3) is 0 Å². The van der Waals surface area contributed by atoms with Crippen molar-refractivity contribution in [3.63, 3.8) is 0 Å². The monoisotopic (exact) mass is 191 g/mol. The molecule has 1 aromatic rings. The summed E-state index contributed by atoms with van der Waals surface area (Å²) < 4.78 is 0. The number of aliphatic imine (C=N–C) groups is 1. The molecule has 0 radical (unpaired) electrons. The van der Waals surface area contributed by atoms with Gasteiger partial charge in [0.15, 0.2) is 0 Å². The molecular formula is C11H13NS. The van der Waals surface area contributed by atoms with Gasteiger partial charge in [0.25, 0.3) is 0 Å². The van der Waals surface area contributed by atoms with Crippen LogP contribution in [0.4, 0.5) is 0 Å². The van der Waals surface area contributed by atoms with E-state index in [4.69, 9.17) is 0 Å². The van der Waals surface area contributed by atoms with Gasteiger partial charge < -0.3 is 0 Å². The lowest BCUT2D eigenvalue weighted by molar-refractivity contribution is 0.950. The Bertz CT molecular complexity index is 331. The lowest BCUT2D eigenvalue weighted by atomic mass is 10.0. The third-order valence-corrected chi connectivity index (χ3v) is 3.08. The smallest absolute Gasteiger partial charge is 0.0979 e. The molecule has 13 heavy (non-hydrogen) atoms. The second-order valence-electron chi connectivity index (χ2n) is 3.03. The lowest BCUT2D eigenvalue weighted by Gasteiger charge is -2.15. The molecule has 1 heterocycles. The summed E-state index contributed by atoms with van der Waals surface area (Å²) in [7, 11) is 0. The van der Waals surface area contributed by atoms with E-state index in [9.17, 15) is 0 Å². The van der Waals surface area contributed by atoms with E-state index in [1.54, 1.807) is 0 Å². The Morgan fingerprint density at radius 1 is 1.38 bits per heavy atom. The molecule has 0 bridgehead atoms. The molecule has 0 aliphatic carbocycles. The van der Waals surface area contributed by atoms with Gasteiger partial charge in [-0.05, 0) is 17.7 Å². The molecule has 0 amide bonds. The Kier molecular flexibility index (Phi) is 2.69. The van der Waals surface area contributed by atoms with Crippen molar-refractivity contribution < 1.29 is 0 Å². The molecule has 0 atom stereocenters. The number of hydrogen-bond donors (Lipinski definition) is 0. The van der Waals surface area contributed by atoms with Crippen molar-refractivity contribution in [1.29, 1.82) is 0 Å². The lowest BCUT2D eigenvalue weighted by Crippen LogP contribution is -2.09. The Hall–Kier alpha value is -0.760. The van der Waals surface area contributed by atoms with Crippen LogP contribution >= 0.6 is 11.8 Å². The maximum Gasteiger partial charge on any atom is 0.0979 e. The Balaban J connectivity index is 2.36. The Morgan fingerprint density at radius 2 is 2.23 bits per heavy atom. The van der Waals surface area contributed by atoms with Gasteiger partial charge in [-0.2, -0.15) is 0 Å². The number of fused-ring (bicyclic) bond motifs is 1. The SMILES string of the molecule is CCSC1=NCCc2ccccc21. The molecule has 1 aliphatic rings. The molecule has 0 saturated heterocycles. The van der Waals surface area contributed by atoms with Crippen molar-refractivity contribution in [2.45, 2.75) is 13.3 Å². The van der Waals surface area contributed by atoms with Gasteiger partial charge in [-0.25, -0.2) is 0 Å². The van der Waals surface area contributed by atoms with Crippen LogP contribution in [0.15, 0.2) is 29.3 Å². The van der Waals surface area contributed by atoms with Crippen molar-refractivity contribution in [1.82, 2.24) is 0 Å². The first-order valence-electron chi connectivity index (χ1n) is 4.67. The zero-order valence-corrected chi connectivity index (χ0v) is 8.60. The van der Waals surface area contributed by atoms with E-state index >= 15 is 0 Å².